The largest absolute Gasteiger partial charge is 0.379 e. The maximum atomic E-state index is 14.0. The molecule has 1 aliphatic carbocycles. The van der Waals surface area contributed by atoms with Crippen LogP contribution in [0.2, 0.25) is 0 Å². The van der Waals surface area contributed by atoms with Crippen LogP contribution in [-0.4, -0.2) is 108 Å². The number of hydrogen-bond acceptors (Lipinski definition) is 10. The molecule has 0 saturated carbocycles. The van der Waals surface area contributed by atoms with Crippen molar-refractivity contribution in [1.29, 1.82) is 5.26 Å². The summed E-state index contributed by atoms with van der Waals surface area (Å²) in [5.74, 6) is -0.381. The molecule has 0 unspecified atom stereocenters. The molecule has 13 heteroatoms. The standard InChI is InChI=1S/C40H53N5O8/c1-4-28-24-31-32(40(2,3)39-37(38(31)48)30-6-5-27(26-41)23-33(30)44-39)25-34(28)45-11-7-29(8-12-45)43-36(47)10-14-50-16-18-52-20-22-53-21-19-51-17-15-49-13-9-35(42)46/h5-6,23-25,29,44H,4,7-22H2,1-3H3,(H2,42,46)(H,43,47). The number of carbonyl (C=O) groups excluding carboxylic acids is 3. The predicted octanol–water partition coefficient (Wildman–Crippen LogP) is 3.91. The maximum Gasteiger partial charge on any atom is 0.222 e. The molecular weight excluding hydrogens is 678 g/mol. The highest BCUT2D eigenvalue weighted by molar-refractivity contribution is 6.20. The second kappa shape index (κ2) is 19.1. The Labute approximate surface area is 311 Å². The highest BCUT2D eigenvalue weighted by atomic mass is 16.6. The number of aromatic amines is 1. The molecule has 1 saturated heterocycles. The Hall–Kier alpha value is -4.32. The smallest absolute Gasteiger partial charge is 0.222 e. The molecule has 0 atom stereocenters. The Kier molecular flexibility index (Phi) is 14.4. The number of piperidine rings is 1. The molecular formula is C40H53N5O8. The summed E-state index contributed by atoms with van der Waals surface area (Å²) in [7, 11) is 0. The fourth-order valence-corrected chi connectivity index (χ4v) is 7.04. The van der Waals surface area contributed by atoms with Gasteiger partial charge in [-0.3, -0.25) is 14.4 Å². The number of rotatable bonds is 21. The van der Waals surface area contributed by atoms with Crippen LogP contribution in [0.1, 0.15) is 84.8 Å². The van der Waals surface area contributed by atoms with Crippen molar-refractivity contribution in [1.82, 2.24) is 10.3 Å². The summed E-state index contributed by atoms with van der Waals surface area (Å²) in [5.41, 5.74) is 11.6. The van der Waals surface area contributed by atoms with E-state index in [1.165, 1.54) is 0 Å². The lowest BCUT2D eigenvalue weighted by atomic mass is 9.70. The van der Waals surface area contributed by atoms with Gasteiger partial charge in [0.25, 0.3) is 0 Å². The van der Waals surface area contributed by atoms with Crippen molar-refractivity contribution in [3.8, 4) is 6.07 Å². The number of amides is 2. The fraction of sp³-hybridized carbons (Fsp3) is 0.550. The monoisotopic (exact) mass is 731 g/mol. The minimum absolute atomic E-state index is 0.0171. The van der Waals surface area contributed by atoms with Gasteiger partial charge in [-0.05, 0) is 54.7 Å². The van der Waals surface area contributed by atoms with Gasteiger partial charge in [0.1, 0.15) is 0 Å². The number of aromatic nitrogens is 1. The van der Waals surface area contributed by atoms with E-state index in [0.29, 0.717) is 83.6 Å². The van der Waals surface area contributed by atoms with Crippen LogP contribution in [0.25, 0.3) is 10.9 Å². The normalized spacial score (nSPS) is 15.3. The molecule has 1 aliphatic heterocycles. The number of benzene rings is 2. The molecule has 2 aliphatic rings. The van der Waals surface area contributed by atoms with E-state index in [4.69, 9.17) is 29.4 Å². The third-order valence-electron chi connectivity index (χ3n) is 9.95. The van der Waals surface area contributed by atoms with Gasteiger partial charge in [0.2, 0.25) is 11.8 Å². The molecule has 2 amide bonds. The number of nitrogens with two attached hydrogens (primary N) is 1. The summed E-state index contributed by atoms with van der Waals surface area (Å²) >= 11 is 0. The van der Waals surface area contributed by atoms with Crippen molar-refractivity contribution in [2.75, 3.05) is 84.1 Å². The van der Waals surface area contributed by atoms with Crippen LogP contribution >= 0.6 is 0 Å². The van der Waals surface area contributed by atoms with Crippen LogP contribution in [0.5, 0.6) is 0 Å². The van der Waals surface area contributed by atoms with Crippen molar-refractivity contribution < 1.29 is 38.1 Å². The molecule has 0 bridgehead atoms. The van der Waals surface area contributed by atoms with Crippen molar-refractivity contribution >= 4 is 34.2 Å². The quantitative estimate of drug-likeness (QED) is 0.136. The van der Waals surface area contributed by atoms with Gasteiger partial charge in [0, 0.05) is 65.2 Å². The van der Waals surface area contributed by atoms with E-state index in [-0.39, 0.29) is 30.1 Å². The molecule has 1 fully saturated rings. The van der Waals surface area contributed by atoms with Crippen molar-refractivity contribution in [3.63, 3.8) is 0 Å². The van der Waals surface area contributed by atoms with Gasteiger partial charge in [-0.2, -0.15) is 5.26 Å². The Morgan fingerprint density at radius 3 is 2.06 bits per heavy atom. The average Bonchev–Trinajstić information content (AvgIpc) is 3.55. The third-order valence-corrected chi connectivity index (χ3v) is 9.95. The van der Waals surface area contributed by atoms with E-state index in [0.717, 1.165) is 71.3 Å². The Bertz CT molecular complexity index is 1770. The first kappa shape index (κ1) is 39.9. The van der Waals surface area contributed by atoms with Crippen molar-refractivity contribution in [2.24, 2.45) is 5.73 Å². The summed E-state index contributed by atoms with van der Waals surface area (Å²) in [6.45, 7) is 12.1. The Morgan fingerprint density at radius 1 is 0.906 bits per heavy atom. The van der Waals surface area contributed by atoms with Gasteiger partial charge in [-0.1, -0.05) is 26.8 Å². The number of H-pyrrole nitrogens is 1. The van der Waals surface area contributed by atoms with Crippen molar-refractivity contribution in [3.05, 3.63) is 63.8 Å². The molecule has 53 heavy (non-hydrogen) atoms. The number of nitrogens with zero attached hydrogens (tertiary/aromatic N) is 2. The molecule has 2 aromatic carbocycles. The molecule has 0 radical (unpaired) electrons. The van der Waals surface area contributed by atoms with Gasteiger partial charge in [0.05, 0.1) is 83.3 Å². The van der Waals surface area contributed by atoms with Crippen molar-refractivity contribution in [2.45, 2.75) is 64.3 Å². The van der Waals surface area contributed by atoms with Gasteiger partial charge in [0.15, 0.2) is 5.78 Å². The van der Waals surface area contributed by atoms with Crippen LogP contribution in [0.15, 0.2) is 30.3 Å². The first-order valence-corrected chi connectivity index (χ1v) is 18.6. The molecule has 2 heterocycles. The summed E-state index contributed by atoms with van der Waals surface area (Å²) in [4.78, 5) is 43.2. The lowest BCUT2D eigenvalue weighted by Crippen LogP contribution is -2.45. The summed E-state index contributed by atoms with van der Waals surface area (Å²) in [5, 5.41) is 13.4. The second-order valence-electron chi connectivity index (χ2n) is 13.9. The van der Waals surface area contributed by atoms with E-state index in [1.807, 2.05) is 12.1 Å². The summed E-state index contributed by atoms with van der Waals surface area (Å²) in [6, 6.07) is 12.0. The SMILES string of the molecule is CCc1cc2c(cc1N1CCC(NC(=O)CCOCCOCCOCCOCCOCCC(N)=O)CC1)C(C)(C)c1[nH]c3cc(C#N)ccc3c1C2=O. The summed E-state index contributed by atoms with van der Waals surface area (Å²) in [6.07, 6.45) is 2.96. The molecule has 5 rings (SSSR count). The van der Waals surface area contributed by atoms with E-state index in [1.54, 1.807) is 6.07 Å². The topological polar surface area (TPSA) is 178 Å². The molecule has 286 valence electrons. The number of ether oxygens (including phenoxy) is 5. The minimum Gasteiger partial charge on any atom is -0.379 e. The number of ketones is 1. The second-order valence-corrected chi connectivity index (χ2v) is 13.9. The zero-order chi connectivity index (χ0) is 37.8. The van der Waals surface area contributed by atoms with Crippen LogP contribution in [0, 0.1) is 11.3 Å². The van der Waals surface area contributed by atoms with Gasteiger partial charge < -0.3 is 44.6 Å². The number of hydrogen-bond donors (Lipinski definition) is 3. The lowest BCUT2D eigenvalue weighted by molar-refractivity contribution is -0.123. The van der Waals surface area contributed by atoms with Gasteiger partial charge in [-0.15, -0.1) is 0 Å². The van der Waals surface area contributed by atoms with E-state index in [9.17, 15) is 19.6 Å². The molecule has 3 aromatic rings. The highest BCUT2D eigenvalue weighted by Crippen LogP contribution is 2.46. The summed E-state index contributed by atoms with van der Waals surface area (Å²) < 4.78 is 27.2. The molecule has 4 N–H and O–H groups in total. The number of fused-ring (bicyclic) bond motifs is 4. The highest BCUT2D eigenvalue weighted by Gasteiger charge is 2.40. The van der Waals surface area contributed by atoms with E-state index >= 15 is 0 Å². The lowest BCUT2D eigenvalue weighted by Gasteiger charge is -2.38. The Morgan fingerprint density at radius 2 is 1.49 bits per heavy atom. The fourth-order valence-electron chi connectivity index (χ4n) is 7.04. The van der Waals surface area contributed by atoms with Crippen LogP contribution in [0.4, 0.5) is 5.69 Å². The van der Waals surface area contributed by atoms with E-state index < -0.39 is 5.41 Å². The van der Waals surface area contributed by atoms with Crippen LogP contribution in [0.3, 0.4) is 0 Å². The van der Waals surface area contributed by atoms with Gasteiger partial charge in [-0.25, -0.2) is 0 Å². The minimum atomic E-state index is -0.441. The molecule has 0 spiro atoms. The zero-order valence-electron chi connectivity index (χ0n) is 31.2. The predicted molar refractivity (Wildman–Crippen MR) is 200 cm³/mol. The van der Waals surface area contributed by atoms with Crippen LogP contribution < -0.4 is 16.0 Å². The molecule has 1 aromatic heterocycles. The first-order valence-electron chi connectivity index (χ1n) is 18.6. The third kappa shape index (κ3) is 10.2. The number of aryl methyl sites for hydroxylation is 1. The van der Waals surface area contributed by atoms with Gasteiger partial charge >= 0.3 is 0 Å². The zero-order valence-corrected chi connectivity index (χ0v) is 31.2. The number of anilines is 1. The number of carbonyl (C=O) groups is 3. The number of nitrogens with one attached hydrogen (secondary N) is 2. The number of nitriles is 1. The van der Waals surface area contributed by atoms with Crippen LogP contribution in [-0.2, 0) is 45.1 Å². The Balaban J connectivity index is 0.988. The van der Waals surface area contributed by atoms with E-state index in [2.05, 4.69) is 54.2 Å². The molecule has 13 nitrogen and oxygen atoms in total. The average molecular weight is 732 g/mol. The maximum absolute atomic E-state index is 14.0. The number of primary amides is 1. The first-order chi connectivity index (χ1) is 25.6.